The average Bonchev–Trinajstić information content (AvgIpc) is 2.74. The van der Waals surface area contributed by atoms with Crippen molar-refractivity contribution < 1.29 is 14.3 Å². The van der Waals surface area contributed by atoms with Crippen LogP contribution in [0, 0.1) is 0 Å². The van der Waals surface area contributed by atoms with Crippen LogP contribution in [0.2, 0.25) is 0 Å². The highest BCUT2D eigenvalue weighted by molar-refractivity contribution is 6.04. The number of rotatable bonds is 8. The van der Waals surface area contributed by atoms with E-state index in [1.807, 2.05) is 49.4 Å². The third-order valence-electron chi connectivity index (χ3n) is 4.04. The molecule has 2 amide bonds. The number of benzene rings is 3. The largest absolute Gasteiger partial charge is 0.494 e. The summed E-state index contributed by atoms with van der Waals surface area (Å²) in [5.74, 6) is 0.340. The summed E-state index contributed by atoms with van der Waals surface area (Å²) < 4.78 is 5.43. The van der Waals surface area contributed by atoms with E-state index in [4.69, 9.17) is 4.74 Å². The second-order valence-electron chi connectivity index (χ2n) is 6.26. The molecule has 0 atom stereocenters. The van der Waals surface area contributed by atoms with Gasteiger partial charge in [0, 0.05) is 28.7 Å². The molecule has 3 aromatic rings. The topological polar surface area (TPSA) is 79.5 Å². The number of amides is 2. The van der Waals surface area contributed by atoms with E-state index in [1.165, 1.54) is 0 Å². The quantitative estimate of drug-likeness (QED) is 0.534. The first-order chi connectivity index (χ1) is 14.1. The van der Waals surface area contributed by atoms with Gasteiger partial charge in [0.15, 0.2) is 0 Å². The summed E-state index contributed by atoms with van der Waals surface area (Å²) in [6, 6.07) is 23.5. The zero-order valence-corrected chi connectivity index (χ0v) is 16.1. The van der Waals surface area contributed by atoms with Gasteiger partial charge in [-0.05, 0) is 49.4 Å². The Morgan fingerprint density at radius 2 is 1.48 bits per heavy atom. The molecule has 3 N–H and O–H groups in total. The molecule has 3 rings (SSSR count). The smallest absolute Gasteiger partial charge is 0.255 e. The van der Waals surface area contributed by atoms with Gasteiger partial charge in [-0.15, -0.1) is 0 Å². The summed E-state index contributed by atoms with van der Waals surface area (Å²) in [5, 5.41) is 8.74. The molecule has 6 heteroatoms. The fraction of sp³-hybridized carbons (Fsp3) is 0.130. The number of carbonyl (C=O) groups excluding carboxylic acids is 2. The van der Waals surface area contributed by atoms with Gasteiger partial charge in [0.05, 0.1) is 13.2 Å². The molecule has 0 fully saturated rings. The third-order valence-corrected chi connectivity index (χ3v) is 4.04. The highest BCUT2D eigenvalue weighted by atomic mass is 16.5. The van der Waals surface area contributed by atoms with E-state index in [9.17, 15) is 9.59 Å². The lowest BCUT2D eigenvalue weighted by atomic mass is 10.2. The van der Waals surface area contributed by atoms with Crippen molar-refractivity contribution in [2.45, 2.75) is 6.92 Å². The van der Waals surface area contributed by atoms with E-state index in [0.29, 0.717) is 29.3 Å². The first kappa shape index (κ1) is 19.9. The molecule has 0 spiro atoms. The minimum Gasteiger partial charge on any atom is -0.494 e. The van der Waals surface area contributed by atoms with Crippen LogP contribution in [0.3, 0.4) is 0 Å². The maximum Gasteiger partial charge on any atom is 0.255 e. The molecule has 0 radical (unpaired) electrons. The fourth-order valence-electron chi connectivity index (χ4n) is 2.72. The molecule has 0 saturated heterocycles. The van der Waals surface area contributed by atoms with E-state index >= 15 is 0 Å². The van der Waals surface area contributed by atoms with E-state index in [0.717, 1.165) is 5.69 Å². The highest BCUT2D eigenvalue weighted by Gasteiger charge is 2.07. The number of ether oxygens (including phenoxy) is 1. The normalized spacial score (nSPS) is 10.1. The van der Waals surface area contributed by atoms with Gasteiger partial charge in [-0.25, -0.2) is 0 Å². The van der Waals surface area contributed by atoms with Crippen LogP contribution in [0.4, 0.5) is 17.1 Å². The van der Waals surface area contributed by atoms with Crippen LogP contribution in [-0.4, -0.2) is 25.0 Å². The van der Waals surface area contributed by atoms with Crippen molar-refractivity contribution in [1.82, 2.24) is 0 Å². The standard InChI is InChI=1S/C23H23N3O3/c1-2-29-21-13-7-12-20(15-21)25-22(27)16-24-18-10-6-11-19(14-18)26-23(28)17-8-4-3-5-9-17/h3-15,24H,2,16H2,1H3,(H,25,27)(H,26,28). The summed E-state index contributed by atoms with van der Waals surface area (Å²) in [6.07, 6.45) is 0. The van der Waals surface area contributed by atoms with Gasteiger partial charge in [0.2, 0.25) is 5.91 Å². The molecule has 3 aromatic carbocycles. The summed E-state index contributed by atoms with van der Waals surface area (Å²) >= 11 is 0. The molecule has 0 aliphatic rings. The molecule has 0 bridgehead atoms. The predicted octanol–water partition coefficient (Wildman–Crippen LogP) is 4.39. The molecule has 0 heterocycles. The van der Waals surface area contributed by atoms with Crippen molar-refractivity contribution in [3.05, 3.63) is 84.4 Å². The maximum absolute atomic E-state index is 12.3. The van der Waals surface area contributed by atoms with Gasteiger partial charge >= 0.3 is 0 Å². The Bertz CT molecular complexity index is 974. The lowest BCUT2D eigenvalue weighted by Crippen LogP contribution is -2.21. The number of hydrogen-bond donors (Lipinski definition) is 3. The van der Waals surface area contributed by atoms with Gasteiger partial charge in [-0.3, -0.25) is 9.59 Å². The molecule has 29 heavy (non-hydrogen) atoms. The van der Waals surface area contributed by atoms with Crippen molar-refractivity contribution in [2.75, 3.05) is 29.1 Å². The molecular formula is C23H23N3O3. The molecule has 0 aromatic heterocycles. The van der Waals surface area contributed by atoms with E-state index in [1.54, 1.807) is 36.4 Å². The Kier molecular flexibility index (Phi) is 6.84. The van der Waals surface area contributed by atoms with Crippen LogP contribution >= 0.6 is 0 Å². The van der Waals surface area contributed by atoms with Crippen LogP contribution in [0.5, 0.6) is 5.75 Å². The van der Waals surface area contributed by atoms with Crippen LogP contribution in [-0.2, 0) is 4.79 Å². The van der Waals surface area contributed by atoms with Crippen molar-refractivity contribution in [2.24, 2.45) is 0 Å². The molecule has 148 valence electrons. The minimum atomic E-state index is -0.185. The summed E-state index contributed by atoms with van der Waals surface area (Å²) in [6.45, 7) is 2.57. The zero-order chi connectivity index (χ0) is 20.5. The number of anilines is 3. The maximum atomic E-state index is 12.3. The van der Waals surface area contributed by atoms with Gasteiger partial charge in [-0.1, -0.05) is 30.3 Å². The van der Waals surface area contributed by atoms with Gasteiger partial charge in [-0.2, -0.15) is 0 Å². The monoisotopic (exact) mass is 389 g/mol. The van der Waals surface area contributed by atoms with Crippen LogP contribution < -0.4 is 20.7 Å². The Morgan fingerprint density at radius 3 is 2.24 bits per heavy atom. The second kappa shape index (κ2) is 9.94. The summed E-state index contributed by atoms with van der Waals surface area (Å²) in [7, 11) is 0. The Hall–Kier alpha value is -3.80. The zero-order valence-electron chi connectivity index (χ0n) is 16.1. The fourth-order valence-corrected chi connectivity index (χ4v) is 2.72. The van der Waals surface area contributed by atoms with Gasteiger partial charge in [0.1, 0.15) is 5.75 Å². The van der Waals surface area contributed by atoms with Crippen molar-refractivity contribution in [1.29, 1.82) is 0 Å². The van der Waals surface area contributed by atoms with E-state index < -0.39 is 0 Å². The third kappa shape index (κ3) is 6.10. The first-order valence-corrected chi connectivity index (χ1v) is 9.37. The molecule has 6 nitrogen and oxygen atoms in total. The number of nitrogens with one attached hydrogen (secondary N) is 3. The summed E-state index contributed by atoms with van der Waals surface area (Å²) in [4.78, 5) is 24.5. The lowest BCUT2D eigenvalue weighted by molar-refractivity contribution is -0.114. The Morgan fingerprint density at radius 1 is 0.793 bits per heavy atom. The Balaban J connectivity index is 1.54. The van der Waals surface area contributed by atoms with Crippen molar-refractivity contribution >= 4 is 28.9 Å². The van der Waals surface area contributed by atoms with Gasteiger partial charge < -0.3 is 20.7 Å². The first-order valence-electron chi connectivity index (χ1n) is 9.37. The van der Waals surface area contributed by atoms with Crippen molar-refractivity contribution in [3.63, 3.8) is 0 Å². The second-order valence-corrected chi connectivity index (χ2v) is 6.26. The van der Waals surface area contributed by atoms with E-state index in [2.05, 4.69) is 16.0 Å². The van der Waals surface area contributed by atoms with Crippen LogP contribution in [0.1, 0.15) is 17.3 Å². The number of hydrogen-bond acceptors (Lipinski definition) is 4. The van der Waals surface area contributed by atoms with Crippen LogP contribution in [0.25, 0.3) is 0 Å². The molecular weight excluding hydrogens is 366 g/mol. The number of carbonyl (C=O) groups is 2. The van der Waals surface area contributed by atoms with Crippen LogP contribution in [0.15, 0.2) is 78.9 Å². The average molecular weight is 389 g/mol. The van der Waals surface area contributed by atoms with Crippen molar-refractivity contribution in [3.8, 4) is 5.75 Å². The predicted molar refractivity (Wildman–Crippen MR) is 116 cm³/mol. The lowest BCUT2D eigenvalue weighted by Gasteiger charge is -2.11. The molecule has 0 saturated carbocycles. The Labute approximate surface area is 169 Å². The van der Waals surface area contributed by atoms with E-state index in [-0.39, 0.29) is 18.4 Å². The molecule has 0 aliphatic carbocycles. The highest BCUT2D eigenvalue weighted by Crippen LogP contribution is 2.18. The van der Waals surface area contributed by atoms with Gasteiger partial charge in [0.25, 0.3) is 5.91 Å². The minimum absolute atomic E-state index is 0.0922. The summed E-state index contributed by atoms with van der Waals surface area (Å²) in [5.41, 5.74) is 2.63. The SMILES string of the molecule is CCOc1cccc(NC(=O)CNc2cccc(NC(=O)c3ccccc3)c2)c1. The molecule has 0 aliphatic heterocycles. The molecule has 0 unspecified atom stereocenters.